The first-order valence-corrected chi connectivity index (χ1v) is 6.40. The Labute approximate surface area is 88.4 Å². The van der Waals surface area contributed by atoms with E-state index in [9.17, 15) is 0 Å². The van der Waals surface area contributed by atoms with Gasteiger partial charge in [-0.3, -0.25) is 0 Å². The molecular formula is C13H25N. The van der Waals surface area contributed by atoms with Gasteiger partial charge in [-0.15, -0.1) is 0 Å². The number of nitrogens with two attached hydrogens (primary N) is 1. The van der Waals surface area contributed by atoms with Gasteiger partial charge in [0.15, 0.2) is 0 Å². The van der Waals surface area contributed by atoms with Crippen LogP contribution in [-0.4, -0.2) is 6.04 Å². The lowest BCUT2D eigenvalue weighted by atomic mass is 9.54. The fraction of sp³-hybridized carbons (Fsp3) is 1.00. The highest BCUT2D eigenvalue weighted by molar-refractivity contribution is 4.97. The molecule has 0 bridgehead atoms. The largest absolute Gasteiger partial charge is 0.328 e. The second-order valence-corrected chi connectivity index (χ2v) is 5.85. The van der Waals surface area contributed by atoms with Gasteiger partial charge in [-0.25, -0.2) is 0 Å². The predicted molar refractivity (Wildman–Crippen MR) is 61.1 cm³/mol. The Morgan fingerprint density at radius 3 is 2.57 bits per heavy atom. The average molecular weight is 195 g/mol. The van der Waals surface area contributed by atoms with Crippen molar-refractivity contribution < 1.29 is 0 Å². The van der Waals surface area contributed by atoms with Crippen LogP contribution in [0.15, 0.2) is 0 Å². The summed E-state index contributed by atoms with van der Waals surface area (Å²) in [7, 11) is 0. The molecule has 14 heavy (non-hydrogen) atoms. The minimum absolute atomic E-state index is 0.404. The molecule has 2 aliphatic rings. The Morgan fingerprint density at radius 2 is 1.86 bits per heavy atom. The molecule has 2 rings (SSSR count). The summed E-state index contributed by atoms with van der Waals surface area (Å²) in [4.78, 5) is 0. The molecule has 2 aliphatic carbocycles. The summed E-state index contributed by atoms with van der Waals surface area (Å²) in [5.41, 5.74) is 6.75. The van der Waals surface area contributed by atoms with Gasteiger partial charge >= 0.3 is 0 Å². The standard InChI is InChI=1S/C13H25N/c1-10(14)12-8-5-7-11-6-3-4-9-13(11,12)2/h10-12H,3-9,14H2,1-2H3. The third-order valence-corrected chi connectivity index (χ3v) is 5.00. The average Bonchev–Trinajstić information content (AvgIpc) is 2.15. The van der Waals surface area contributed by atoms with Crippen LogP contribution in [0, 0.1) is 17.3 Å². The quantitative estimate of drug-likeness (QED) is 0.682. The van der Waals surface area contributed by atoms with Gasteiger partial charge in [0.1, 0.15) is 0 Å². The summed E-state index contributed by atoms with van der Waals surface area (Å²) in [6.45, 7) is 4.73. The summed E-state index contributed by atoms with van der Waals surface area (Å²) < 4.78 is 0. The third-order valence-electron chi connectivity index (χ3n) is 5.00. The van der Waals surface area contributed by atoms with Gasteiger partial charge < -0.3 is 5.73 Å². The van der Waals surface area contributed by atoms with E-state index in [-0.39, 0.29) is 0 Å². The van der Waals surface area contributed by atoms with E-state index in [0.717, 1.165) is 11.8 Å². The molecule has 2 N–H and O–H groups in total. The van der Waals surface area contributed by atoms with E-state index in [1.54, 1.807) is 0 Å². The molecular weight excluding hydrogens is 170 g/mol. The molecule has 0 saturated heterocycles. The minimum Gasteiger partial charge on any atom is -0.328 e. The van der Waals surface area contributed by atoms with Gasteiger partial charge in [0.2, 0.25) is 0 Å². The molecule has 1 nitrogen and oxygen atoms in total. The van der Waals surface area contributed by atoms with E-state index < -0.39 is 0 Å². The van der Waals surface area contributed by atoms with Crippen LogP contribution in [0.1, 0.15) is 58.8 Å². The van der Waals surface area contributed by atoms with Gasteiger partial charge in [0, 0.05) is 6.04 Å². The van der Waals surface area contributed by atoms with Crippen LogP contribution in [0.3, 0.4) is 0 Å². The van der Waals surface area contributed by atoms with Gasteiger partial charge in [-0.05, 0) is 49.9 Å². The first kappa shape index (κ1) is 10.5. The van der Waals surface area contributed by atoms with Crippen LogP contribution >= 0.6 is 0 Å². The monoisotopic (exact) mass is 195 g/mol. The van der Waals surface area contributed by atoms with Crippen molar-refractivity contribution >= 4 is 0 Å². The lowest BCUT2D eigenvalue weighted by Gasteiger charge is -2.52. The lowest BCUT2D eigenvalue weighted by molar-refractivity contribution is -0.00805. The molecule has 0 radical (unpaired) electrons. The molecule has 4 atom stereocenters. The first-order chi connectivity index (χ1) is 6.64. The highest BCUT2D eigenvalue weighted by Gasteiger charge is 2.45. The topological polar surface area (TPSA) is 26.0 Å². The zero-order valence-electron chi connectivity index (χ0n) is 9.76. The van der Waals surface area contributed by atoms with Crippen LogP contribution in [0.5, 0.6) is 0 Å². The summed E-state index contributed by atoms with van der Waals surface area (Å²) in [6, 6.07) is 0.404. The highest BCUT2D eigenvalue weighted by atomic mass is 14.7. The van der Waals surface area contributed by atoms with E-state index in [4.69, 9.17) is 5.73 Å². The lowest BCUT2D eigenvalue weighted by Crippen LogP contribution is -2.47. The summed E-state index contributed by atoms with van der Waals surface area (Å²) in [5, 5.41) is 0. The van der Waals surface area contributed by atoms with Crippen molar-refractivity contribution in [2.24, 2.45) is 23.0 Å². The van der Waals surface area contributed by atoms with Crippen molar-refractivity contribution in [3.8, 4) is 0 Å². The van der Waals surface area contributed by atoms with Crippen molar-refractivity contribution in [3.05, 3.63) is 0 Å². The number of hydrogen-bond acceptors (Lipinski definition) is 1. The maximum Gasteiger partial charge on any atom is 0.00440 e. The van der Waals surface area contributed by atoms with Crippen molar-refractivity contribution in [1.29, 1.82) is 0 Å². The molecule has 0 aromatic carbocycles. The molecule has 0 aromatic heterocycles. The second kappa shape index (κ2) is 3.84. The van der Waals surface area contributed by atoms with Crippen molar-refractivity contribution in [2.45, 2.75) is 64.8 Å². The van der Waals surface area contributed by atoms with Crippen LogP contribution < -0.4 is 5.73 Å². The Kier molecular flexibility index (Phi) is 2.88. The normalized spacial score (nSPS) is 45.6. The maximum absolute atomic E-state index is 6.16. The van der Waals surface area contributed by atoms with Gasteiger partial charge in [-0.1, -0.05) is 26.2 Å². The predicted octanol–water partition coefficient (Wildman–Crippen LogP) is 3.33. The Hall–Kier alpha value is -0.0400. The van der Waals surface area contributed by atoms with E-state index in [1.807, 2.05) is 0 Å². The Balaban J connectivity index is 2.17. The molecule has 2 fully saturated rings. The van der Waals surface area contributed by atoms with E-state index in [1.165, 1.54) is 44.9 Å². The van der Waals surface area contributed by atoms with Gasteiger partial charge in [-0.2, -0.15) is 0 Å². The maximum atomic E-state index is 6.16. The molecule has 2 saturated carbocycles. The molecule has 0 spiro atoms. The second-order valence-electron chi connectivity index (χ2n) is 5.85. The van der Waals surface area contributed by atoms with Crippen molar-refractivity contribution in [3.63, 3.8) is 0 Å². The molecule has 82 valence electrons. The summed E-state index contributed by atoms with van der Waals surface area (Å²) in [6.07, 6.45) is 10.1. The minimum atomic E-state index is 0.404. The van der Waals surface area contributed by atoms with Gasteiger partial charge in [0.05, 0.1) is 0 Å². The van der Waals surface area contributed by atoms with E-state index in [0.29, 0.717) is 11.5 Å². The molecule has 1 heteroatoms. The van der Waals surface area contributed by atoms with Crippen molar-refractivity contribution in [1.82, 2.24) is 0 Å². The zero-order valence-corrected chi connectivity index (χ0v) is 9.76. The molecule has 4 unspecified atom stereocenters. The van der Waals surface area contributed by atoms with E-state index in [2.05, 4.69) is 13.8 Å². The van der Waals surface area contributed by atoms with Gasteiger partial charge in [0.25, 0.3) is 0 Å². The molecule has 0 aromatic rings. The fourth-order valence-corrected chi connectivity index (χ4v) is 4.17. The molecule has 0 aliphatic heterocycles. The smallest absolute Gasteiger partial charge is 0.00440 e. The third kappa shape index (κ3) is 1.60. The van der Waals surface area contributed by atoms with Crippen molar-refractivity contribution in [2.75, 3.05) is 0 Å². The number of fused-ring (bicyclic) bond motifs is 1. The Bertz CT molecular complexity index is 197. The first-order valence-electron chi connectivity index (χ1n) is 6.40. The van der Waals surface area contributed by atoms with Crippen LogP contribution in [0.25, 0.3) is 0 Å². The number of hydrogen-bond donors (Lipinski definition) is 1. The number of rotatable bonds is 1. The van der Waals surface area contributed by atoms with Crippen LogP contribution in [0.4, 0.5) is 0 Å². The van der Waals surface area contributed by atoms with Crippen LogP contribution in [-0.2, 0) is 0 Å². The summed E-state index contributed by atoms with van der Waals surface area (Å²) >= 11 is 0. The van der Waals surface area contributed by atoms with Crippen LogP contribution in [0.2, 0.25) is 0 Å². The molecule has 0 amide bonds. The summed E-state index contributed by atoms with van der Waals surface area (Å²) in [5.74, 6) is 1.78. The molecule has 0 heterocycles. The highest BCUT2D eigenvalue weighted by Crippen LogP contribution is 2.53. The zero-order chi connectivity index (χ0) is 10.2. The SMILES string of the molecule is CC(N)C1CCCC2CCCCC21C. The van der Waals surface area contributed by atoms with E-state index >= 15 is 0 Å². The fourth-order valence-electron chi connectivity index (χ4n) is 4.17. The Morgan fingerprint density at radius 1 is 1.14 bits per heavy atom.